The number of carbonyl (C=O) groups excluding carboxylic acids is 1. The second-order valence-electron chi connectivity index (χ2n) is 6.54. The fourth-order valence-electron chi connectivity index (χ4n) is 2.84. The molecule has 0 aliphatic rings. The number of methoxy groups -OCH3 is 2. The highest BCUT2D eigenvalue weighted by Gasteiger charge is 2.09. The van der Waals surface area contributed by atoms with Crippen molar-refractivity contribution < 1.29 is 18.8 Å². The summed E-state index contributed by atoms with van der Waals surface area (Å²) in [6.45, 7) is 0.631. The lowest BCUT2D eigenvalue weighted by Gasteiger charge is -2.06. The summed E-state index contributed by atoms with van der Waals surface area (Å²) >= 11 is 0. The van der Waals surface area contributed by atoms with E-state index < -0.39 is 0 Å². The predicted molar refractivity (Wildman–Crippen MR) is 109 cm³/mol. The van der Waals surface area contributed by atoms with Crippen LogP contribution in [0.3, 0.4) is 0 Å². The van der Waals surface area contributed by atoms with Gasteiger partial charge in [0, 0.05) is 24.1 Å². The molecule has 0 radical (unpaired) electrons. The molecule has 29 heavy (non-hydrogen) atoms. The Hall–Kier alpha value is -3.35. The molecule has 0 fully saturated rings. The van der Waals surface area contributed by atoms with Crippen molar-refractivity contribution in [3.8, 4) is 22.9 Å². The zero-order chi connectivity index (χ0) is 20.5. The van der Waals surface area contributed by atoms with Crippen LogP contribution in [0.1, 0.15) is 35.5 Å². The van der Waals surface area contributed by atoms with Crippen molar-refractivity contribution in [1.82, 2.24) is 15.5 Å². The van der Waals surface area contributed by atoms with Crippen LogP contribution in [0.15, 0.2) is 53.1 Å². The molecular weight excluding hydrogens is 370 g/mol. The molecule has 0 aliphatic heterocycles. The zero-order valence-electron chi connectivity index (χ0n) is 16.7. The number of rotatable bonds is 10. The van der Waals surface area contributed by atoms with Crippen LogP contribution in [0.25, 0.3) is 11.4 Å². The first-order chi connectivity index (χ1) is 14.2. The van der Waals surface area contributed by atoms with E-state index in [0.29, 0.717) is 23.8 Å². The Morgan fingerprint density at radius 3 is 2.24 bits per heavy atom. The molecule has 1 N–H and O–H groups in total. The molecular formula is C22H25N3O4. The number of unbranched alkanes of at least 4 members (excludes halogenated alkanes) is 2. The number of aromatic nitrogens is 2. The highest BCUT2D eigenvalue weighted by atomic mass is 16.5. The van der Waals surface area contributed by atoms with Crippen molar-refractivity contribution in [3.05, 3.63) is 60.0 Å². The molecule has 7 nitrogen and oxygen atoms in total. The van der Waals surface area contributed by atoms with E-state index in [4.69, 9.17) is 14.0 Å². The predicted octanol–water partition coefficient (Wildman–Crippen LogP) is 3.90. The number of carbonyl (C=O) groups is 1. The van der Waals surface area contributed by atoms with Gasteiger partial charge in [-0.1, -0.05) is 11.6 Å². The van der Waals surface area contributed by atoms with Crippen LogP contribution in [0.2, 0.25) is 0 Å². The maximum absolute atomic E-state index is 12.1. The van der Waals surface area contributed by atoms with Crippen molar-refractivity contribution in [2.75, 3.05) is 20.8 Å². The maximum Gasteiger partial charge on any atom is 0.251 e. The number of benzene rings is 2. The Bertz CT molecular complexity index is 905. The third-order valence-corrected chi connectivity index (χ3v) is 4.52. The summed E-state index contributed by atoms with van der Waals surface area (Å²) in [6.07, 6.45) is 3.49. The third-order valence-electron chi connectivity index (χ3n) is 4.52. The molecule has 0 spiro atoms. The highest BCUT2D eigenvalue weighted by Crippen LogP contribution is 2.20. The first-order valence-electron chi connectivity index (χ1n) is 9.59. The van der Waals surface area contributed by atoms with Gasteiger partial charge in [0.25, 0.3) is 5.91 Å². The average molecular weight is 395 g/mol. The SMILES string of the molecule is COc1ccc(C(=O)NCCCCCc2nc(-c3ccc(OC)cc3)no2)cc1. The summed E-state index contributed by atoms with van der Waals surface area (Å²) in [5, 5.41) is 6.96. The molecule has 152 valence electrons. The van der Waals surface area contributed by atoms with Crippen LogP contribution in [-0.2, 0) is 6.42 Å². The van der Waals surface area contributed by atoms with E-state index >= 15 is 0 Å². The van der Waals surface area contributed by atoms with E-state index in [1.807, 2.05) is 24.3 Å². The van der Waals surface area contributed by atoms with E-state index in [-0.39, 0.29) is 5.91 Å². The van der Waals surface area contributed by atoms with Crippen LogP contribution in [0.5, 0.6) is 11.5 Å². The minimum Gasteiger partial charge on any atom is -0.497 e. The van der Waals surface area contributed by atoms with Gasteiger partial charge in [-0.05, 0) is 61.4 Å². The van der Waals surface area contributed by atoms with E-state index in [0.717, 1.165) is 42.7 Å². The zero-order valence-corrected chi connectivity index (χ0v) is 16.7. The number of ether oxygens (including phenoxy) is 2. The Labute approximate surface area is 170 Å². The first kappa shape index (κ1) is 20.4. The fourth-order valence-corrected chi connectivity index (χ4v) is 2.84. The molecule has 7 heteroatoms. The van der Waals surface area contributed by atoms with Gasteiger partial charge in [-0.2, -0.15) is 4.98 Å². The number of hydrogen-bond acceptors (Lipinski definition) is 6. The standard InChI is InChI=1S/C22H25N3O4/c1-27-18-11-7-16(8-12-18)21-24-20(29-25-21)6-4-3-5-15-23-22(26)17-9-13-19(28-2)14-10-17/h7-14H,3-6,15H2,1-2H3,(H,23,26). The molecule has 0 aliphatic carbocycles. The van der Waals surface area contributed by atoms with Crippen LogP contribution in [0.4, 0.5) is 0 Å². The third kappa shape index (κ3) is 5.81. The minimum absolute atomic E-state index is 0.0753. The topological polar surface area (TPSA) is 86.5 Å². The minimum atomic E-state index is -0.0753. The molecule has 0 bridgehead atoms. The summed E-state index contributed by atoms with van der Waals surface area (Å²) in [7, 11) is 3.23. The summed E-state index contributed by atoms with van der Waals surface area (Å²) < 4.78 is 15.6. The number of hydrogen-bond donors (Lipinski definition) is 1. The van der Waals surface area contributed by atoms with Crippen LogP contribution in [-0.4, -0.2) is 36.8 Å². The van der Waals surface area contributed by atoms with Crippen LogP contribution >= 0.6 is 0 Å². The summed E-state index contributed by atoms with van der Waals surface area (Å²) in [6, 6.07) is 14.6. The van der Waals surface area contributed by atoms with Gasteiger partial charge >= 0.3 is 0 Å². The largest absolute Gasteiger partial charge is 0.497 e. The van der Waals surface area contributed by atoms with Crippen molar-refractivity contribution in [2.45, 2.75) is 25.7 Å². The molecule has 0 atom stereocenters. The first-order valence-corrected chi connectivity index (χ1v) is 9.59. The van der Waals surface area contributed by atoms with Gasteiger partial charge in [0.2, 0.25) is 11.7 Å². The van der Waals surface area contributed by atoms with Crippen molar-refractivity contribution in [3.63, 3.8) is 0 Å². The summed E-state index contributed by atoms with van der Waals surface area (Å²) in [5.74, 6) is 2.65. The lowest BCUT2D eigenvalue weighted by atomic mass is 10.1. The maximum atomic E-state index is 12.1. The van der Waals surface area contributed by atoms with Crippen LogP contribution < -0.4 is 14.8 Å². The molecule has 3 rings (SSSR count). The van der Waals surface area contributed by atoms with Crippen LogP contribution in [0, 0.1) is 0 Å². The van der Waals surface area contributed by atoms with E-state index in [2.05, 4.69) is 15.5 Å². The second-order valence-corrected chi connectivity index (χ2v) is 6.54. The quantitative estimate of drug-likeness (QED) is 0.524. The van der Waals surface area contributed by atoms with Gasteiger partial charge < -0.3 is 19.3 Å². The van der Waals surface area contributed by atoms with Crippen molar-refractivity contribution in [1.29, 1.82) is 0 Å². The molecule has 1 heterocycles. The summed E-state index contributed by atoms with van der Waals surface area (Å²) in [4.78, 5) is 16.5. The van der Waals surface area contributed by atoms with Gasteiger partial charge in [-0.15, -0.1) is 0 Å². The molecule has 0 saturated heterocycles. The average Bonchev–Trinajstić information content (AvgIpc) is 3.25. The molecule has 0 saturated carbocycles. The smallest absolute Gasteiger partial charge is 0.251 e. The van der Waals surface area contributed by atoms with E-state index in [1.165, 1.54) is 0 Å². The second kappa shape index (κ2) is 10.3. The van der Waals surface area contributed by atoms with E-state index in [1.54, 1.807) is 38.5 Å². The van der Waals surface area contributed by atoms with E-state index in [9.17, 15) is 4.79 Å². The van der Waals surface area contributed by atoms with Crippen molar-refractivity contribution >= 4 is 5.91 Å². The molecule has 3 aromatic rings. The Morgan fingerprint density at radius 1 is 0.931 bits per heavy atom. The lowest BCUT2D eigenvalue weighted by molar-refractivity contribution is 0.0953. The lowest BCUT2D eigenvalue weighted by Crippen LogP contribution is -2.24. The molecule has 2 aromatic carbocycles. The number of amides is 1. The van der Waals surface area contributed by atoms with Gasteiger partial charge in [0.15, 0.2) is 0 Å². The molecule has 1 aromatic heterocycles. The van der Waals surface area contributed by atoms with Gasteiger partial charge in [0.05, 0.1) is 14.2 Å². The normalized spacial score (nSPS) is 10.6. The van der Waals surface area contributed by atoms with Gasteiger partial charge in [0.1, 0.15) is 11.5 Å². The Balaban J connectivity index is 1.35. The number of nitrogens with one attached hydrogen (secondary N) is 1. The monoisotopic (exact) mass is 395 g/mol. The number of aryl methyl sites for hydroxylation is 1. The van der Waals surface area contributed by atoms with Gasteiger partial charge in [-0.3, -0.25) is 4.79 Å². The molecule has 1 amide bonds. The number of nitrogens with zero attached hydrogens (tertiary/aromatic N) is 2. The highest BCUT2D eigenvalue weighted by molar-refractivity contribution is 5.94. The fraction of sp³-hybridized carbons (Fsp3) is 0.318. The summed E-state index contributed by atoms with van der Waals surface area (Å²) in [5.41, 5.74) is 1.52. The Kier molecular flexibility index (Phi) is 7.22. The molecule has 0 unspecified atom stereocenters. The Morgan fingerprint density at radius 2 is 1.59 bits per heavy atom. The van der Waals surface area contributed by atoms with Crippen molar-refractivity contribution in [2.24, 2.45) is 0 Å². The van der Waals surface area contributed by atoms with Gasteiger partial charge in [-0.25, -0.2) is 0 Å².